The molecular weight excluding hydrogens is 274 g/mol. The highest BCUT2D eigenvalue weighted by Crippen LogP contribution is 2.33. The van der Waals surface area contributed by atoms with Crippen molar-refractivity contribution >= 4 is 17.7 Å². The number of rotatable bonds is 7. The fraction of sp³-hybridized carbons (Fsp3) is 0.533. The highest BCUT2D eigenvalue weighted by atomic mass is 32.2. The third-order valence-electron chi connectivity index (χ3n) is 3.09. The Morgan fingerprint density at radius 1 is 1.20 bits per heavy atom. The van der Waals surface area contributed by atoms with Gasteiger partial charge < -0.3 is 14.4 Å². The second-order valence-electron chi connectivity index (χ2n) is 4.29. The lowest BCUT2D eigenvalue weighted by molar-refractivity contribution is -0.129. The zero-order valence-electron chi connectivity index (χ0n) is 12.8. The SMILES string of the molecule is CCN(CC)C(=O)[C@@H](C)Sc1ccc(OC)c(OC)c1. The van der Waals surface area contributed by atoms with Gasteiger partial charge in [0.25, 0.3) is 0 Å². The first-order chi connectivity index (χ1) is 9.57. The molecule has 1 atom stereocenters. The number of amides is 1. The summed E-state index contributed by atoms with van der Waals surface area (Å²) in [5, 5.41) is -0.118. The van der Waals surface area contributed by atoms with Gasteiger partial charge in [0.05, 0.1) is 19.5 Å². The van der Waals surface area contributed by atoms with Crippen molar-refractivity contribution < 1.29 is 14.3 Å². The van der Waals surface area contributed by atoms with Gasteiger partial charge in [0, 0.05) is 18.0 Å². The van der Waals surface area contributed by atoms with Gasteiger partial charge in [0.15, 0.2) is 11.5 Å². The van der Waals surface area contributed by atoms with Gasteiger partial charge >= 0.3 is 0 Å². The van der Waals surface area contributed by atoms with Crippen LogP contribution in [0.1, 0.15) is 20.8 Å². The molecule has 0 radical (unpaired) electrons. The maximum Gasteiger partial charge on any atom is 0.235 e. The molecule has 0 aromatic heterocycles. The third-order valence-corrected chi connectivity index (χ3v) is 4.17. The fourth-order valence-corrected chi connectivity index (χ4v) is 2.92. The maximum absolute atomic E-state index is 12.2. The molecule has 0 saturated heterocycles. The number of nitrogens with zero attached hydrogens (tertiary/aromatic N) is 1. The summed E-state index contributed by atoms with van der Waals surface area (Å²) in [5.74, 6) is 1.54. The number of carbonyl (C=O) groups is 1. The van der Waals surface area contributed by atoms with Gasteiger partial charge in [0.2, 0.25) is 5.91 Å². The molecule has 1 aromatic rings. The van der Waals surface area contributed by atoms with Crippen molar-refractivity contribution in [1.82, 2.24) is 4.90 Å². The van der Waals surface area contributed by atoms with E-state index in [1.54, 1.807) is 14.2 Å². The minimum absolute atomic E-state index is 0.118. The van der Waals surface area contributed by atoms with Gasteiger partial charge in [-0.3, -0.25) is 4.79 Å². The molecular formula is C15H23NO3S. The Kier molecular flexibility index (Phi) is 6.71. The number of thioether (sulfide) groups is 1. The highest BCUT2D eigenvalue weighted by Gasteiger charge is 2.19. The smallest absolute Gasteiger partial charge is 0.235 e. The molecule has 0 heterocycles. The summed E-state index contributed by atoms with van der Waals surface area (Å²) in [6.45, 7) is 7.41. The molecule has 0 bridgehead atoms. The number of hydrogen-bond donors (Lipinski definition) is 0. The van der Waals surface area contributed by atoms with Gasteiger partial charge in [-0.1, -0.05) is 0 Å². The van der Waals surface area contributed by atoms with E-state index in [1.165, 1.54) is 11.8 Å². The number of hydrogen-bond acceptors (Lipinski definition) is 4. The molecule has 0 aliphatic heterocycles. The van der Waals surface area contributed by atoms with E-state index in [0.29, 0.717) is 11.5 Å². The Balaban J connectivity index is 2.80. The first kappa shape index (κ1) is 16.7. The molecule has 20 heavy (non-hydrogen) atoms. The van der Waals surface area contributed by atoms with Crippen LogP contribution in [0.2, 0.25) is 0 Å². The van der Waals surface area contributed by atoms with Crippen LogP contribution in [0.4, 0.5) is 0 Å². The highest BCUT2D eigenvalue weighted by molar-refractivity contribution is 8.00. The molecule has 1 amide bonds. The van der Waals surface area contributed by atoms with Gasteiger partial charge in [-0.2, -0.15) is 0 Å². The van der Waals surface area contributed by atoms with E-state index in [4.69, 9.17) is 9.47 Å². The van der Waals surface area contributed by atoms with Crippen LogP contribution in [0.15, 0.2) is 23.1 Å². The monoisotopic (exact) mass is 297 g/mol. The number of methoxy groups -OCH3 is 2. The fourth-order valence-electron chi connectivity index (χ4n) is 1.94. The molecule has 1 aromatic carbocycles. The van der Waals surface area contributed by atoms with E-state index in [0.717, 1.165) is 18.0 Å². The molecule has 0 fully saturated rings. The Hall–Kier alpha value is -1.36. The van der Waals surface area contributed by atoms with Crippen LogP contribution in [0.25, 0.3) is 0 Å². The number of carbonyl (C=O) groups excluding carboxylic acids is 1. The van der Waals surface area contributed by atoms with Crippen LogP contribution in [0.3, 0.4) is 0 Å². The molecule has 0 spiro atoms. The molecule has 0 saturated carbocycles. The third kappa shape index (κ3) is 4.07. The maximum atomic E-state index is 12.2. The topological polar surface area (TPSA) is 38.8 Å². The molecule has 112 valence electrons. The van der Waals surface area contributed by atoms with E-state index in [-0.39, 0.29) is 11.2 Å². The van der Waals surface area contributed by atoms with Crippen LogP contribution in [-0.2, 0) is 4.79 Å². The van der Waals surface area contributed by atoms with E-state index in [9.17, 15) is 4.79 Å². The van der Waals surface area contributed by atoms with Gasteiger partial charge in [-0.25, -0.2) is 0 Å². The minimum Gasteiger partial charge on any atom is -0.493 e. The molecule has 1 rings (SSSR count). The molecule has 4 nitrogen and oxygen atoms in total. The summed E-state index contributed by atoms with van der Waals surface area (Å²) in [7, 11) is 3.22. The van der Waals surface area contributed by atoms with Crippen molar-refractivity contribution in [2.45, 2.75) is 30.9 Å². The molecule has 0 N–H and O–H groups in total. The quantitative estimate of drug-likeness (QED) is 0.725. The zero-order valence-corrected chi connectivity index (χ0v) is 13.6. The van der Waals surface area contributed by atoms with Crippen molar-refractivity contribution in [3.05, 3.63) is 18.2 Å². The lowest BCUT2D eigenvalue weighted by Crippen LogP contribution is -2.36. The van der Waals surface area contributed by atoms with Gasteiger partial charge in [0.1, 0.15) is 0 Å². The van der Waals surface area contributed by atoms with Gasteiger partial charge in [-0.05, 0) is 39.0 Å². The lowest BCUT2D eigenvalue weighted by atomic mass is 10.3. The van der Waals surface area contributed by atoms with E-state index >= 15 is 0 Å². The summed E-state index contributed by atoms with van der Waals surface area (Å²) in [6.07, 6.45) is 0. The summed E-state index contributed by atoms with van der Waals surface area (Å²) >= 11 is 1.53. The van der Waals surface area contributed by atoms with Crippen molar-refractivity contribution in [1.29, 1.82) is 0 Å². The molecule has 0 unspecified atom stereocenters. The van der Waals surface area contributed by atoms with Crippen molar-refractivity contribution in [3.8, 4) is 11.5 Å². The Morgan fingerprint density at radius 2 is 1.80 bits per heavy atom. The van der Waals surface area contributed by atoms with Crippen molar-refractivity contribution in [2.75, 3.05) is 27.3 Å². The summed E-state index contributed by atoms with van der Waals surface area (Å²) in [6, 6.07) is 5.70. The standard InChI is InChI=1S/C15H23NO3S/c1-6-16(7-2)15(17)11(3)20-12-8-9-13(18-4)14(10-12)19-5/h8-11H,6-7H2,1-5H3/t11-/m1/s1. The van der Waals surface area contributed by atoms with Crippen LogP contribution in [0, 0.1) is 0 Å². The predicted octanol–water partition coefficient (Wildman–Crippen LogP) is 3.05. The van der Waals surface area contributed by atoms with Crippen molar-refractivity contribution in [3.63, 3.8) is 0 Å². The minimum atomic E-state index is -0.118. The van der Waals surface area contributed by atoms with Gasteiger partial charge in [-0.15, -0.1) is 11.8 Å². The van der Waals surface area contributed by atoms with E-state index in [1.807, 2.05) is 43.9 Å². The second-order valence-corrected chi connectivity index (χ2v) is 5.70. The van der Waals surface area contributed by atoms with E-state index < -0.39 is 0 Å². The van der Waals surface area contributed by atoms with Crippen LogP contribution >= 0.6 is 11.8 Å². The normalized spacial score (nSPS) is 11.8. The summed E-state index contributed by atoms with van der Waals surface area (Å²) in [4.78, 5) is 15.1. The Bertz CT molecular complexity index is 447. The summed E-state index contributed by atoms with van der Waals surface area (Å²) in [5.41, 5.74) is 0. The zero-order chi connectivity index (χ0) is 15.1. The average Bonchev–Trinajstić information content (AvgIpc) is 2.48. The second kappa shape index (κ2) is 8.04. The molecule has 0 aliphatic carbocycles. The predicted molar refractivity (Wildman–Crippen MR) is 82.8 cm³/mol. The first-order valence-corrected chi connectivity index (χ1v) is 7.62. The van der Waals surface area contributed by atoms with Crippen molar-refractivity contribution in [2.24, 2.45) is 0 Å². The van der Waals surface area contributed by atoms with Crippen LogP contribution < -0.4 is 9.47 Å². The van der Waals surface area contributed by atoms with E-state index in [2.05, 4.69) is 0 Å². The lowest BCUT2D eigenvalue weighted by Gasteiger charge is -2.22. The van der Waals surface area contributed by atoms with Crippen LogP contribution in [0.5, 0.6) is 11.5 Å². The van der Waals surface area contributed by atoms with Crippen LogP contribution in [-0.4, -0.2) is 43.4 Å². The number of benzene rings is 1. The Labute approximate surface area is 125 Å². The summed E-state index contributed by atoms with van der Waals surface area (Å²) < 4.78 is 10.5. The number of ether oxygens (including phenoxy) is 2. The average molecular weight is 297 g/mol. The largest absolute Gasteiger partial charge is 0.493 e. The first-order valence-electron chi connectivity index (χ1n) is 6.74. The Morgan fingerprint density at radius 3 is 2.30 bits per heavy atom. The molecule has 5 heteroatoms. The molecule has 0 aliphatic rings.